The van der Waals surface area contributed by atoms with Gasteiger partial charge in [0.25, 0.3) is 0 Å². The number of hydrogen-bond donors (Lipinski definition) is 1. The van der Waals surface area contributed by atoms with E-state index in [1.807, 2.05) is 71.6 Å². The lowest BCUT2D eigenvalue weighted by Gasteiger charge is -2.22. The molecule has 0 saturated carbocycles. The van der Waals surface area contributed by atoms with E-state index >= 15 is 0 Å². The number of ether oxygens (including phenoxy) is 1. The summed E-state index contributed by atoms with van der Waals surface area (Å²) in [5.41, 5.74) is 2.69. The molecule has 6 nitrogen and oxygen atoms in total. The van der Waals surface area contributed by atoms with E-state index in [-0.39, 0.29) is 18.4 Å². The van der Waals surface area contributed by atoms with Crippen LogP contribution >= 0.6 is 11.6 Å². The number of para-hydroxylation sites is 1. The van der Waals surface area contributed by atoms with Crippen molar-refractivity contribution in [3.63, 3.8) is 0 Å². The summed E-state index contributed by atoms with van der Waals surface area (Å²) >= 11 is 6.13. The van der Waals surface area contributed by atoms with Gasteiger partial charge in [0.2, 0.25) is 11.8 Å². The highest BCUT2D eigenvalue weighted by atomic mass is 35.5. The van der Waals surface area contributed by atoms with E-state index in [2.05, 4.69) is 10.2 Å². The van der Waals surface area contributed by atoms with E-state index in [0.29, 0.717) is 43.4 Å². The summed E-state index contributed by atoms with van der Waals surface area (Å²) in [5.74, 6) is 0.781. The number of carbonyl (C=O) groups excluding carboxylic acids is 2. The number of nitrogens with one attached hydrogen (secondary N) is 1. The number of rotatable bonds is 8. The Balaban J connectivity index is 1.22. The smallest absolute Gasteiger partial charge is 0.238 e. The van der Waals surface area contributed by atoms with Gasteiger partial charge in [0.05, 0.1) is 23.7 Å². The minimum absolute atomic E-state index is 0.102. The van der Waals surface area contributed by atoms with Crippen LogP contribution in [0.15, 0.2) is 78.9 Å². The molecule has 0 unspecified atom stereocenters. The van der Waals surface area contributed by atoms with Crippen LogP contribution in [0.2, 0.25) is 5.02 Å². The molecule has 1 aliphatic rings. The third kappa shape index (κ3) is 7.57. The Morgan fingerprint density at radius 3 is 2.34 bits per heavy atom. The molecule has 1 heterocycles. The van der Waals surface area contributed by atoms with E-state index in [1.165, 1.54) is 0 Å². The maximum atomic E-state index is 12.9. The van der Waals surface area contributed by atoms with Gasteiger partial charge in [-0.15, -0.1) is 0 Å². The molecular formula is C28H30ClN3O3. The summed E-state index contributed by atoms with van der Waals surface area (Å²) in [7, 11) is 0. The van der Waals surface area contributed by atoms with E-state index in [4.69, 9.17) is 16.3 Å². The highest BCUT2D eigenvalue weighted by Crippen LogP contribution is 2.20. The summed E-state index contributed by atoms with van der Waals surface area (Å²) in [6.07, 6.45) is 1.18. The van der Waals surface area contributed by atoms with Crippen molar-refractivity contribution in [1.82, 2.24) is 9.80 Å². The molecule has 3 aromatic rings. The molecule has 1 aliphatic heterocycles. The molecule has 7 heteroatoms. The van der Waals surface area contributed by atoms with Crippen LogP contribution in [-0.2, 0) is 22.6 Å². The highest BCUT2D eigenvalue weighted by molar-refractivity contribution is 6.33. The van der Waals surface area contributed by atoms with Crippen molar-refractivity contribution in [3.05, 3.63) is 95.0 Å². The van der Waals surface area contributed by atoms with Gasteiger partial charge >= 0.3 is 0 Å². The van der Waals surface area contributed by atoms with Crippen LogP contribution in [0.4, 0.5) is 5.69 Å². The molecule has 0 spiro atoms. The van der Waals surface area contributed by atoms with Crippen LogP contribution in [0.5, 0.6) is 5.75 Å². The fourth-order valence-corrected chi connectivity index (χ4v) is 4.25. The Hall–Kier alpha value is -3.35. The molecule has 0 bridgehead atoms. The van der Waals surface area contributed by atoms with Crippen molar-refractivity contribution in [1.29, 1.82) is 0 Å². The zero-order valence-corrected chi connectivity index (χ0v) is 20.4. The Morgan fingerprint density at radius 1 is 0.829 bits per heavy atom. The Kier molecular flexibility index (Phi) is 8.76. The quantitative estimate of drug-likeness (QED) is 0.499. The van der Waals surface area contributed by atoms with Crippen molar-refractivity contribution < 1.29 is 14.3 Å². The first-order valence-corrected chi connectivity index (χ1v) is 12.2. The Labute approximate surface area is 211 Å². The molecule has 0 atom stereocenters. The summed E-state index contributed by atoms with van der Waals surface area (Å²) in [5, 5.41) is 3.38. The lowest BCUT2D eigenvalue weighted by Crippen LogP contribution is -2.38. The van der Waals surface area contributed by atoms with Crippen molar-refractivity contribution in [2.45, 2.75) is 19.4 Å². The first kappa shape index (κ1) is 24.8. The summed E-state index contributed by atoms with van der Waals surface area (Å²) in [6.45, 7) is 3.52. The number of carbonyl (C=O) groups is 2. The average Bonchev–Trinajstić information content (AvgIpc) is 3.11. The molecule has 0 aliphatic carbocycles. The van der Waals surface area contributed by atoms with Crippen LogP contribution in [0.25, 0.3) is 0 Å². The third-order valence-electron chi connectivity index (χ3n) is 5.98. The zero-order chi connectivity index (χ0) is 24.5. The van der Waals surface area contributed by atoms with Gasteiger partial charge in [0.1, 0.15) is 12.4 Å². The summed E-state index contributed by atoms with van der Waals surface area (Å²) in [6, 6.07) is 24.9. The fraction of sp³-hybridized carbons (Fsp3) is 0.286. The van der Waals surface area contributed by atoms with Crippen molar-refractivity contribution >= 4 is 29.1 Å². The lowest BCUT2D eigenvalue weighted by atomic mass is 10.1. The molecule has 1 saturated heterocycles. The predicted molar refractivity (Wildman–Crippen MR) is 139 cm³/mol. The van der Waals surface area contributed by atoms with E-state index in [9.17, 15) is 9.59 Å². The topological polar surface area (TPSA) is 61.9 Å². The molecule has 2 amide bonds. The van der Waals surface area contributed by atoms with Gasteiger partial charge in [-0.05, 0) is 41.8 Å². The van der Waals surface area contributed by atoms with Gasteiger partial charge in [0.15, 0.2) is 0 Å². The largest absolute Gasteiger partial charge is 0.489 e. The molecule has 4 rings (SSSR count). The monoisotopic (exact) mass is 491 g/mol. The normalized spacial score (nSPS) is 14.3. The summed E-state index contributed by atoms with van der Waals surface area (Å²) in [4.78, 5) is 29.3. The zero-order valence-electron chi connectivity index (χ0n) is 19.7. The second kappa shape index (κ2) is 12.4. The van der Waals surface area contributed by atoms with Crippen LogP contribution in [0, 0.1) is 0 Å². The number of nitrogens with zero attached hydrogens (tertiary/aromatic N) is 2. The molecule has 182 valence electrons. The van der Waals surface area contributed by atoms with Gasteiger partial charge in [0, 0.05) is 26.2 Å². The van der Waals surface area contributed by atoms with Crippen LogP contribution in [-0.4, -0.2) is 54.3 Å². The van der Waals surface area contributed by atoms with Gasteiger partial charge in [-0.25, -0.2) is 0 Å². The predicted octanol–water partition coefficient (Wildman–Crippen LogP) is 4.63. The molecule has 35 heavy (non-hydrogen) atoms. The minimum Gasteiger partial charge on any atom is -0.489 e. The Morgan fingerprint density at radius 2 is 1.57 bits per heavy atom. The average molecular weight is 492 g/mol. The molecule has 0 radical (unpaired) electrons. The molecule has 0 aromatic heterocycles. The second-order valence-electron chi connectivity index (χ2n) is 8.63. The maximum Gasteiger partial charge on any atom is 0.238 e. The fourth-order valence-electron chi connectivity index (χ4n) is 4.06. The van der Waals surface area contributed by atoms with Crippen molar-refractivity contribution in [3.8, 4) is 5.75 Å². The number of anilines is 1. The second-order valence-corrected chi connectivity index (χ2v) is 9.04. The molecular weight excluding hydrogens is 462 g/mol. The van der Waals surface area contributed by atoms with Crippen LogP contribution in [0.3, 0.4) is 0 Å². The number of amides is 2. The van der Waals surface area contributed by atoms with Crippen LogP contribution in [0.1, 0.15) is 17.5 Å². The summed E-state index contributed by atoms with van der Waals surface area (Å²) < 4.78 is 5.83. The lowest BCUT2D eigenvalue weighted by molar-refractivity contribution is -0.130. The van der Waals surface area contributed by atoms with Gasteiger partial charge in [-0.2, -0.15) is 0 Å². The third-order valence-corrected chi connectivity index (χ3v) is 6.31. The number of hydrogen-bond acceptors (Lipinski definition) is 4. The van der Waals surface area contributed by atoms with Crippen molar-refractivity contribution in [2.24, 2.45) is 0 Å². The number of halogens is 1. The van der Waals surface area contributed by atoms with E-state index in [0.717, 1.165) is 29.8 Å². The highest BCUT2D eigenvalue weighted by Gasteiger charge is 2.21. The molecule has 1 N–H and O–H groups in total. The van der Waals surface area contributed by atoms with Gasteiger partial charge in [-0.3, -0.25) is 14.5 Å². The van der Waals surface area contributed by atoms with Crippen LogP contribution < -0.4 is 10.1 Å². The Bertz CT molecular complexity index is 1120. The van der Waals surface area contributed by atoms with Gasteiger partial charge in [-0.1, -0.05) is 66.2 Å². The first-order chi connectivity index (χ1) is 17.1. The number of benzene rings is 3. The van der Waals surface area contributed by atoms with Crippen molar-refractivity contribution in [2.75, 3.05) is 38.0 Å². The maximum absolute atomic E-state index is 12.9. The molecule has 3 aromatic carbocycles. The molecule has 1 fully saturated rings. The SMILES string of the molecule is O=C(CN1CCCN(C(=O)Cc2ccc(OCc3ccccc3)cc2)CC1)Nc1ccccc1Cl. The standard InChI is InChI=1S/C28H30ClN3O3/c29-25-9-4-5-10-26(25)30-27(33)20-31-15-6-16-32(18-17-31)28(34)19-22-11-13-24(14-12-22)35-21-23-7-2-1-3-8-23/h1-5,7-14H,6,15-21H2,(H,30,33). The first-order valence-electron chi connectivity index (χ1n) is 11.9. The van der Waals surface area contributed by atoms with E-state index in [1.54, 1.807) is 12.1 Å². The van der Waals surface area contributed by atoms with Gasteiger partial charge < -0.3 is 15.0 Å². The minimum atomic E-state index is -0.104. The van der Waals surface area contributed by atoms with E-state index < -0.39 is 0 Å².